The predicted octanol–water partition coefficient (Wildman–Crippen LogP) is 6.23. The first kappa shape index (κ1) is 24.1. The maximum atomic E-state index is 5.90. The van der Waals surface area contributed by atoms with E-state index in [1.165, 1.54) is 33.8 Å². The van der Waals surface area contributed by atoms with Gasteiger partial charge in [0.1, 0.15) is 5.75 Å². The van der Waals surface area contributed by atoms with Crippen LogP contribution in [0.5, 0.6) is 5.75 Å². The van der Waals surface area contributed by atoms with Crippen LogP contribution in [0.25, 0.3) is 5.69 Å². The molecule has 1 aliphatic rings. The van der Waals surface area contributed by atoms with Gasteiger partial charge in [0.05, 0.1) is 24.9 Å². The molecular weight excluding hydrogens is 464 g/mol. The number of benzene rings is 2. The van der Waals surface area contributed by atoms with E-state index in [1.807, 2.05) is 30.5 Å². The zero-order chi connectivity index (χ0) is 25.2. The Morgan fingerprint density at radius 3 is 2.33 bits per heavy atom. The van der Waals surface area contributed by atoms with Crippen LogP contribution < -0.4 is 10.1 Å². The third-order valence-electron chi connectivity index (χ3n) is 7.10. The summed E-state index contributed by atoms with van der Waals surface area (Å²) in [5.74, 6) is 0.849. The van der Waals surface area contributed by atoms with Gasteiger partial charge in [-0.1, -0.05) is 37.3 Å². The van der Waals surface area contributed by atoms with Gasteiger partial charge in [-0.05, 0) is 91.6 Å². The van der Waals surface area contributed by atoms with E-state index in [0.29, 0.717) is 6.54 Å². The number of aromatic nitrogens is 2. The third-order valence-corrected chi connectivity index (χ3v) is 7.45. The molecule has 5 rings (SSSR count). The Morgan fingerprint density at radius 1 is 0.972 bits per heavy atom. The van der Waals surface area contributed by atoms with Crippen LogP contribution in [0.1, 0.15) is 52.8 Å². The first-order chi connectivity index (χ1) is 17.5. The zero-order valence-electron chi connectivity index (χ0n) is 21.2. The molecule has 2 aromatic heterocycles. The van der Waals surface area contributed by atoms with Crippen molar-refractivity contribution < 1.29 is 4.74 Å². The normalized spacial score (nSPS) is 17.3. The Balaban J connectivity index is 1.58. The molecule has 5 nitrogen and oxygen atoms in total. The van der Waals surface area contributed by atoms with Crippen molar-refractivity contribution in [2.24, 2.45) is 0 Å². The van der Waals surface area contributed by atoms with Gasteiger partial charge < -0.3 is 19.5 Å². The van der Waals surface area contributed by atoms with Crippen LogP contribution in [0, 0.1) is 13.8 Å². The van der Waals surface area contributed by atoms with Gasteiger partial charge >= 0.3 is 0 Å². The maximum absolute atomic E-state index is 5.90. The highest BCUT2D eigenvalue weighted by atomic mass is 32.1. The molecule has 1 fully saturated rings. The van der Waals surface area contributed by atoms with Gasteiger partial charge in [-0.3, -0.25) is 4.98 Å². The Bertz CT molecular complexity index is 1350. The number of rotatable bonds is 7. The SMILES string of the molecule is CCc1ccc(-n2c(C)cc([C@H]3[C@H](c4ccccn4)NC(=S)N3Cc3ccc(OC)cc3)c2C)cc1. The summed E-state index contributed by atoms with van der Waals surface area (Å²) in [4.78, 5) is 6.99. The smallest absolute Gasteiger partial charge is 0.170 e. The first-order valence-electron chi connectivity index (χ1n) is 12.4. The van der Waals surface area contributed by atoms with Crippen LogP contribution in [0.3, 0.4) is 0 Å². The third kappa shape index (κ3) is 4.49. The van der Waals surface area contributed by atoms with Gasteiger partial charge in [-0.15, -0.1) is 0 Å². The van der Waals surface area contributed by atoms with Gasteiger partial charge in [0.15, 0.2) is 5.11 Å². The molecule has 0 bridgehead atoms. The van der Waals surface area contributed by atoms with E-state index < -0.39 is 0 Å². The molecule has 2 atom stereocenters. The second-order valence-corrected chi connectivity index (χ2v) is 9.67. The minimum Gasteiger partial charge on any atom is -0.497 e. The molecule has 3 heterocycles. The number of methoxy groups -OCH3 is 1. The topological polar surface area (TPSA) is 42.3 Å². The van der Waals surface area contributed by atoms with Crippen molar-refractivity contribution in [3.05, 3.63) is 113 Å². The zero-order valence-corrected chi connectivity index (χ0v) is 22.0. The molecule has 0 amide bonds. The van der Waals surface area contributed by atoms with E-state index in [4.69, 9.17) is 21.9 Å². The van der Waals surface area contributed by atoms with Crippen molar-refractivity contribution in [2.45, 2.75) is 45.8 Å². The van der Waals surface area contributed by atoms with Gasteiger partial charge in [0.25, 0.3) is 0 Å². The fourth-order valence-electron chi connectivity index (χ4n) is 5.21. The van der Waals surface area contributed by atoms with Gasteiger partial charge in [-0.25, -0.2) is 0 Å². The molecule has 1 saturated heterocycles. The Labute approximate surface area is 218 Å². The Hall–Kier alpha value is -3.64. The highest BCUT2D eigenvalue weighted by Crippen LogP contribution is 2.42. The lowest BCUT2D eigenvalue weighted by atomic mass is 9.96. The summed E-state index contributed by atoms with van der Waals surface area (Å²) in [6, 6.07) is 25.4. The fourth-order valence-corrected chi connectivity index (χ4v) is 5.51. The van der Waals surface area contributed by atoms with Crippen molar-refractivity contribution in [3.8, 4) is 11.4 Å². The van der Waals surface area contributed by atoms with Crippen LogP contribution in [-0.2, 0) is 13.0 Å². The molecule has 36 heavy (non-hydrogen) atoms. The molecule has 1 N–H and O–H groups in total. The minimum absolute atomic E-state index is 0.00404. The standard InChI is InChI=1S/C30H32N4OS/c1-5-22-9-13-24(14-10-22)34-20(2)18-26(21(34)3)29-28(27-8-6-7-17-31-27)32-30(36)33(29)19-23-11-15-25(35-4)16-12-23/h6-18,28-29H,5,19H2,1-4H3,(H,32,36)/t28-,29-/m0/s1. The molecular formula is C30H32N4OS. The number of hydrogen-bond acceptors (Lipinski definition) is 3. The van der Waals surface area contributed by atoms with E-state index in [2.05, 4.69) is 84.1 Å². The molecule has 184 valence electrons. The van der Waals surface area contributed by atoms with Crippen molar-refractivity contribution >= 4 is 17.3 Å². The highest BCUT2D eigenvalue weighted by Gasteiger charge is 2.41. The lowest BCUT2D eigenvalue weighted by Crippen LogP contribution is -2.29. The average molecular weight is 497 g/mol. The van der Waals surface area contributed by atoms with Crippen molar-refractivity contribution in [1.82, 2.24) is 19.8 Å². The van der Waals surface area contributed by atoms with E-state index in [0.717, 1.165) is 23.0 Å². The monoisotopic (exact) mass is 496 g/mol. The van der Waals surface area contributed by atoms with Crippen molar-refractivity contribution in [1.29, 1.82) is 0 Å². The van der Waals surface area contributed by atoms with Crippen LogP contribution in [-0.4, -0.2) is 26.7 Å². The number of hydrogen-bond donors (Lipinski definition) is 1. The molecule has 0 radical (unpaired) electrons. The summed E-state index contributed by atoms with van der Waals surface area (Å²) < 4.78 is 7.70. The first-order valence-corrected chi connectivity index (χ1v) is 12.8. The largest absolute Gasteiger partial charge is 0.497 e. The quantitative estimate of drug-likeness (QED) is 0.307. The number of pyridine rings is 1. The van der Waals surface area contributed by atoms with E-state index >= 15 is 0 Å². The molecule has 2 aromatic carbocycles. The van der Waals surface area contributed by atoms with Gasteiger partial charge in [-0.2, -0.15) is 0 Å². The molecule has 0 saturated carbocycles. The fraction of sp³-hybridized carbons (Fsp3) is 0.267. The Kier molecular flexibility index (Phi) is 6.79. The molecule has 1 aliphatic heterocycles. The summed E-state index contributed by atoms with van der Waals surface area (Å²) in [6.45, 7) is 7.26. The summed E-state index contributed by atoms with van der Waals surface area (Å²) in [7, 11) is 1.69. The van der Waals surface area contributed by atoms with Crippen LogP contribution in [0.15, 0.2) is 79.0 Å². The molecule has 0 aliphatic carbocycles. The summed E-state index contributed by atoms with van der Waals surface area (Å²) in [6.07, 6.45) is 2.88. The van der Waals surface area contributed by atoms with Crippen LogP contribution in [0.4, 0.5) is 0 Å². The average Bonchev–Trinajstić information content (AvgIpc) is 3.39. The molecule has 6 heteroatoms. The van der Waals surface area contributed by atoms with E-state index in [9.17, 15) is 0 Å². The lowest BCUT2D eigenvalue weighted by molar-refractivity contribution is 0.310. The number of aryl methyl sites for hydroxylation is 2. The number of thiocarbonyl (C=S) groups is 1. The maximum Gasteiger partial charge on any atom is 0.170 e. The summed E-state index contributed by atoms with van der Waals surface area (Å²) in [5.41, 5.74) is 8.35. The van der Waals surface area contributed by atoms with Gasteiger partial charge in [0.2, 0.25) is 0 Å². The number of nitrogens with zero attached hydrogens (tertiary/aromatic N) is 3. The van der Waals surface area contributed by atoms with Crippen LogP contribution in [0.2, 0.25) is 0 Å². The Morgan fingerprint density at radius 2 is 1.69 bits per heavy atom. The van der Waals surface area contributed by atoms with Crippen molar-refractivity contribution in [2.75, 3.05) is 7.11 Å². The van der Waals surface area contributed by atoms with Gasteiger partial charge in [0, 0.05) is 29.8 Å². The molecule has 0 unspecified atom stereocenters. The lowest BCUT2D eigenvalue weighted by Gasteiger charge is -2.28. The predicted molar refractivity (Wildman–Crippen MR) is 149 cm³/mol. The minimum atomic E-state index is -0.0478. The summed E-state index contributed by atoms with van der Waals surface area (Å²) in [5, 5.41) is 4.32. The second-order valence-electron chi connectivity index (χ2n) is 9.28. The molecule has 4 aromatic rings. The van der Waals surface area contributed by atoms with E-state index in [-0.39, 0.29) is 12.1 Å². The highest BCUT2D eigenvalue weighted by molar-refractivity contribution is 7.80. The number of ether oxygens (including phenoxy) is 1. The molecule has 0 spiro atoms. The van der Waals surface area contributed by atoms with Crippen LogP contribution >= 0.6 is 12.2 Å². The van der Waals surface area contributed by atoms with Crippen molar-refractivity contribution in [3.63, 3.8) is 0 Å². The van der Waals surface area contributed by atoms with E-state index in [1.54, 1.807) is 7.11 Å². The summed E-state index contributed by atoms with van der Waals surface area (Å²) >= 11 is 5.90. The second kappa shape index (κ2) is 10.2. The number of nitrogens with one attached hydrogen (secondary N) is 1.